The van der Waals surface area contributed by atoms with Crippen LogP contribution in [0.5, 0.6) is 5.75 Å². The number of aromatic nitrogens is 6. The normalized spacial score (nSPS) is 17.0. The Morgan fingerprint density at radius 1 is 1.25 bits per heavy atom. The molecule has 2 N–H and O–H groups in total. The Balaban J connectivity index is 1.72. The number of anilines is 3. The van der Waals surface area contributed by atoms with E-state index in [1.807, 2.05) is 19.9 Å². The molecule has 0 aromatic carbocycles. The Morgan fingerprint density at radius 3 is 2.59 bits per heavy atom. The number of rotatable bonds is 7. The summed E-state index contributed by atoms with van der Waals surface area (Å²) >= 11 is 0. The fraction of sp³-hybridized carbons (Fsp3) is 0.381. The number of nitrogens with one attached hydrogen (secondary N) is 2. The predicted octanol–water partition coefficient (Wildman–Crippen LogP) is 2.52. The van der Waals surface area contributed by atoms with Gasteiger partial charge in [0.25, 0.3) is 0 Å². The van der Waals surface area contributed by atoms with Crippen molar-refractivity contribution < 1.29 is 14.3 Å². The van der Waals surface area contributed by atoms with Crippen LogP contribution in [0, 0.1) is 18.8 Å². The molecule has 4 rings (SSSR count). The molecule has 0 aliphatic heterocycles. The van der Waals surface area contributed by atoms with Crippen molar-refractivity contribution in [3.8, 4) is 17.0 Å². The van der Waals surface area contributed by atoms with Gasteiger partial charge >= 0.3 is 0 Å². The van der Waals surface area contributed by atoms with Crippen LogP contribution >= 0.6 is 0 Å². The molecule has 1 aliphatic carbocycles. The minimum atomic E-state index is -0.283. The molecule has 3 aromatic rings. The van der Waals surface area contributed by atoms with E-state index in [2.05, 4.69) is 36.0 Å². The summed E-state index contributed by atoms with van der Waals surface area (Å²) in [4.78, 5) is 30.5. The van der Waals surface area contributed by atoms with Crippen molar-refractivity contribution in [2.45, 2.75) is 27.2 Å². The maximum Gasteiger partial charge on any atom is 0.228 e. The number of ether oxygens (including phenoxy) is 1. The second-order valence-electron chi connectivity index (χ2n) is 7.89. The summed E-state index contributed by atoms with van der Waals surface area (Å²) in [7, 11) is 3.25. The highest BCUT2D eigenvalue weighted by Crippen LogP contribution is 2.39. The van der Waals surface area contributed by atoms with Crippen LogP contribution in [0.4, 0.5) is 17.3 Å². The van der Waals surface area contributed by atoms with Gasteiger partial charge in [-0.25, -0.2) is 4.98 Å². The van der Waals surface area contributed by atoms with Crippen LogP contribution < -0.4 is 15.4 Å². The molecule has 0 spiro atoms. The zero-order valence-electron chi connectivity index (χ0n) is 18.5. The highest BCUT2D eigenvalue weighted by atomic mass is 16.5. The van der Waals surface area contributed by atoms with Crippen molar-refractivity contribution in [1.82, 2.24) is 30.2 Å². The Kier molecular flexibility index (Phi) is 5.56. The average Bonchev–Trinajstić information content (AvgIpc) is 3.31. The number of nitrogens with zero attached hydrogens (tertiary/aromatic N) is 6. The van der Waals surface area contributed by atoms with Crippen LogP contribution in [-0.2, 0) is 11.8 Å². The molecule has 1 amide bonds. The van der Waals surface area contributed by atoms with E-state index in [1.54, 1.807) is 19.3 Å². The molecule has 3 aromatic heterocycles. The SMILES string of the molecule is COc1c(-c2cnn(C)n2)cc(C)nc1Nc1cc(NC(=O)[C@@H]2C[C@H]2C)nnc1C(C)=O. The number of methoxy groups -OCH3 is 1. The molecule has 0 bridgehead atoms. The van der Waals surface area contributed by atoms with E-state index in [-0.39, 0.29) is 29.1 Å². The van der Waals surface area contributed by atoms with Gasteiger partial charge < -0.3 is 15.4 Å². The molecule has 11 nitrogen and oxygen atoms in total. The highest BCUT2D eigenvalue weighted by molar-refractivity contribution is 6.00. The monoisotopic (exact) mass is 436 g/mol. The summed E-state index contributed by atoms with van der Waals surface area (Å²) in [6.45, 7) is 5.25. The second kappa shape index (κ2) is 8.33. The molecule has 0 unspecified atom stereocenters. The molecule has 0 saturated heterocycles. The Bertz CT molecular complexity index is 1210. The summed E-state index contributed by atoms with van der Waals surface area (Å²) in [6.07, 6.45) is 2.48. The molecule has 1 aliphatic rings. The van der Waals surface area contributed by atoms with Crippen molar-refractivity contribution in [3.63, 3.8) is 0 Å². The Labute approximate surface area is 184 Å². The lowest BCUT2D eigenvalue weighted by Gasteiger charge is -2.16. The number of carbonyl (C=O) groups is 2. The first-order chi connectivity index (χ1) is 15.3. The third-order valence-electron chi connectivity index (χ3n) is 5.26. The van der Waals surface area contributed by atoms with Gasteiger partial charge in [0.05, 0.1) is 24.6 Å². The van der Waals surface area contributed by atoms with Crippen LogP contribution in [0.2, 0.25) is 0 Å². The minimum Gasteiger partial charge on any atom is -0.492 e. The Hall–Kier alpha value is -3.89. The molecule has 1 fully saturated rings. The topological polar surface area (TPSA) is 137 Å². The van der Waals surface area contributed by atoms with Gasteiger partial charge in [0.15, 0.2) is 28.9 Å². The first-order valence-corrected chi connectivity index (χ1v) is 10.2. The van der Waals surface area contributed by atoms with Gasteiger partial charge in [-0.3, -0.25) is 9.59 Å². The molecule has 2 atom stereocenters. The molecule has 32 heavy (non-hydrogen) atoms. The summed E-state index contributed by atoms with van der Waals surface area (Å²) in [5.74, 6) is 1.00. The largest absolute Gasteiger partial charge is 0.492 e. The quantitative estimate of drug-likeness (QED) is 0.535. The minimum absolute atomic E-state index is 0.0197. The number of amides is 1. The van der Waals surface area contributed by atoms with Gasteiger partial charge in [0.1, 0.15) is 5.69 Å². The van der Waals surface area contributed by atoms with E-state index in [9.17, 15) is 9.59 Å². The maximum absolute atomic E-state index is 12.3. The van der Waals surface area contributed by atoms with Gasteiger partial charge in [0.2, 0.25) is 5.91 Å². The van der Waals surface area contributed by atoms with Crippen molar-refractivity contribution in [2.24, 2.45) is 18.9 Å². The van der Waals surface area contributed by atoms with Crippen LogP contribution in [0.25, 0.3) is 11.3 Å². The molecule has 11 heteroatoms. The second-order valence-corrected chi connectivity index (χ2v) is 7.89. The van der Waals surface area contributed by atoms with Crippen molar-refractivity contribution in [1.29, 1.82) is 0 Å². The molecule has 0 radical (unpaired) electrons. The van der Waals surface area contributed by atoms with Gasteiger partial charge in [-0.15, -0.1) is 10.2 Å². The predicted molar refractivity (Wildman–Crippen MR) is 117 cm³/mol. The molecular formula is C21H24N8O3. The van der Waals surface area contributed by atoms with Gasteiger partial charge in [-0.05, 0) is 25.3 Å². The van der Waals surface area contributed by atoms with E-state index in [1.165, 1.54) is 18.8 Å². The highest BCUT2D eigenvalue weighted by Gasteiger charge is 2.39. The van der Waals surface area contributed by atoms with Gasteiger partial charge in [-0.2, -0.15) is 15.0 Å². The summed E-state index contributed by atoms with van der Waals surface area (Å²) < 4.78 is 5.62. The van der Waals surface area contributed by atoms with E-state index in [0.29, 0.717) is 40.1 Å². The van der Waals surface area contributed by atoms with E-state index in [4.69, 9.17) is 4.74 Å². The lowest BCUT2D eigenvalue weighted by molar-refractivity contribution is -0.117. The van der Waals surface area contributed by atoms with Gasteiger partial charge in [-0.1, -0.05) is 6.92 Å². The van der Waals surface area contributed by atoms with Crippen molar-refractivity contribution >= 4 is 29.0 Å². The first kappa shape index (κ1) is 21.3. The molecule has 3 heterocycles. The number of Topliss-reactive ketones (excluding diaryl/α,β-unsaturated/α-hetero) is 1. The molecule has 1 saturated carbocycles. The zero-order valence-corrected chi connectivity index (χ0v) is 18.5. The number of carbonyl (C=O) groups excluding carboxylic acids is 2. The number of ketones is 1. The number of hydrogen-bond donors (Lipinski definition) is 2. The fourth-order valence-electron chi connectivity index (χ4n) is 3.45. The molecule has 166 valence electrons. The maximum atomic E-state index is 12.3. The average molecular weight is 436 g/mol. The number of pyridine rings is 1. The first-order valence-electron chi connectivity index (χ1n) is 10.2. The third kappa shape index (κ3) is 4.27. The van der Waals surface area contributed by atoms with E-state index < -0.39 is 0 Å². The van der Waals surface area contributed by atoms with Gasteiger partial charge in [0, 0.05) is 31.6 Å². The summed E-state index contributed by atoms with van der Waals surface area (Å²) in [5, 5.41) is 22.4. The molecular weight excluding hydrogens is 412 g/mol. The fourth-order valence-corrected chi connectivity index (χ4v) is 3.45. The number of hydrogen-bond acceptors (Lipinski definition) is 9. The van der Waals surface area contributed by atoms with Crippen LogP contribution in [-0.4, -0.2) is 49.0 Å². The third-order valence-corrected chi connectivity index (χ3v) is 5.26. The summed E-state index contributed by atoms with van der Waals surface area (Å²) in [5.41, 5.74) is 2.49. The summed E-state index contributed by atoms with van der Waals surface area (Å²) in [6, 6.07) is 3.41. The van der Waals surface area contributed by atoms with Crippen LogP contribution in [0.15, 0.2) is 18.3 Å². The van der Waals surface area contributed by atoms with Crippen LogP contribution in [0.3, 0.4) is 0 Å². The smallest absolute Gasteiger partial charge is 0.228 e. The van der Waals surface area contributed by atoms with Crippen molar-refractivity contribution in [2.75, 3.05) is 17.7 Å². The van der Waals surface area contributed by atoms with Crippen LogP contribution in [0.1, 0.15) is 36.5 Å². The van der Waals surface area contributed by atoms with Crippen molar-refractivity contribution in [3.05, 3.63) is 29.7 Å². The Morgan fingerprint density at radius 2 is 2.00 bits per heavy atom. The van der Waals surface area contributed by atoms with E-state index >= 15 is 0 Å². The lowest BCUT2D eigenvalue weighted by Crippen LogP contribution is -2.17. The lowest BCUT2D eigenvalue weighted by atomic mass is 10.1. The standard InChI is InChI=1S/C21H24N8O3/c1-10-6-13(10)21(31)25-17-8-15(18(12(3)30)27-26-17)24-20-19(32-5)14(7-11(2)23-20)16-9-22-29(4)28-16/h7-10,13H,6H2,1-5H3,(H2,23,24,25,26,31)/t10-,13-/m1/s1. The zero-order chi connectivity index (χ0) is 23.0. The van der Waals surface area contributed by atoms with E-state index in [0.717, 1.165) is 6.42 Å². The number of aryl methyl sites for hydroxylation is 2.